The highest BCUT2D eigenvalue weighted by atomic mass is 35.5. The molecule has 0 spiro atoms. The molecule has 1 aromatic rings. The Morgan fingerprint density at radius 3 is 2.45 bits per heavy atom. The van der Waals surface area contributed by atoms with Crippen LogP contribution in [0.5, 0.6) is 0 Å². The van der Waals surface area contributed by atoms with Gasteiger partial charge in [-0.3, -0.25) is 4.79 Å². The van der Waals surface area contributed by atoms with Crippen LogP contribution >= 0.6 is 12.4 Å². The van der Waals surface area contributed by atoms with Crippen LogP contribution in [0, 0.1) is 0 Å². The zero-order valence-corrected chi connectivity index (χ0v) is 12.1. The number of likely N-dealkylation sites (N-methyl/N-ethyl adjacent to an activating group) is 1. The van der Waals surface area contributed by atoms with Gasteiger partial charge in [0.15, 0.2) is 0 Å². The molecule has 1 amide bonds. The van der Waals surface area contributed by atoms with Crippen molar-refractivity contribution >= 4 is 18.3 Å². The molecule has 0 aliphatic heterocycles. The Morgan fingerprint density at radius 2 is 1.90 bits per heavy atom. The quantitative estimate of drug-likeness (QED) is 0.877. The minimum Gasteiger partial charge on any atom is -0.354 e. The number of hydrogen-bond donors (Lipinski definition) is 2. The summed E-state index contributed by atoms with van der Waals surface area (Å²) in [5.74, 6) is -0.418. The van der Waals surface area contributed by atoms with Crippen molar-refractivity contribution < 1.29 is 18.0 Å². The summed E-state index contributed by atoms with van der Waals surface area (Å²) in [7, 11) is 1.75. The third kappa shape index (κ3) is 5.79. The third-order valence-corrected chi connectivity index (χ3v) is 2.77. The molecule has 1 atom stereocenters. The number of rotatable bonds is 5. The number of benzene rings is 1. The van der Waals surface area contributed by atoms with E-state index in [0.29, 0.717) is 6.54 Å². The van der Waals surface area contributed by atoms with Crippen molar-refractivity contribution in [3.8, 4) is 0 Å². The van der Waals surface area contributed by atoms with E-state index in [1.54, 1.807) is 7.05 Å². The molecule has 20 heavy (non-hydrogen) atoms. The number of amides is 1. The van der Waals surface area contributed by atoms with Crippen LogP contribution in [0.2, 0.25) is 0 Å². The van der Waals surface area contributed by atoms with Crippen molar-refractivity contribution in [2.45, 2.75) is 25.6 Å². The zero-order valence-electron chi connectivity index (χ0n) is 11.3. The molecule has 0 radical (unpaired) electrons. The lowest BCUT2D eigenvalue weighted by atomic mass is 10.0. The Hall–Kier alpha value is -1.27. The summed E-state index contributed by atoms with van der Waals surface area (Å²) < 4.78 is 38.2. The Bertz CT molecular complexity index is 438. The molecule has 0 aliphatic rings. The molecule has 1 rings (SSSR count). The molecule has 0 aliphatic carbocycles. The molecule has 0 saturated carbocycles. The fraction of sp³-hybridized carbons (Fsp3) is 0.462. The van der Waals surface area contributed by atoms with Crippen molar-refractivity contribution in [1.29, 1.82) is 0 Å². The number of nitrogens with one attached hydrogen (secondary N) is 2. The highest BCUT2D eigenvalue weighted by Crippen LogP contribution is 2.31. The molecule has 2 N–H and O–H groups in total. The summed E-state index contributed by atoms with van der Waals surface area (Å²) in [5, 5.41) is 5.52. The van der Waals surface area contributed by atoms with Gasteiger partial charge in [0.05, 0.1) is 12.0 Å². The lowest BCUT2D eigenvalue weighted by Gasteiger charge is -2.14. The maximum atomic E-state index is 12.7. The lowest BCUT2D eigenvalue weighted by molar-refractivity contribution is -0.138. The molecular weight excluding hydrogens is 293 g/mol. The molecule has 0 heterocycles. The van der Waals surface area contributed by atoms with Crippen LogP contribution < -0.4 is 10.6 Å². The average molecular weight is 311 g/mol. The molecule has 0 fully saturated rings. The fourth-order valence-electron chi connectivity index (χ4n) is 1.56. The fourth-order valence-corrected chi connectivity index (χ4v) is 1.56. The average Bonchev–Trinajstić information content (AvgIpc) is 2.35. The van der Waals surface area contributed by atoms with E-state index in [0.717, 1.165) is 6.07 Å². The van der Waals surface area contributed by atoms with E-state index < -0.39 is 17.6 Å². The van der Waals surface area contributed by atoms with Crippen molar-refractivity contribution in [2.75, 3.05) is 13.6 Å². The smallest absolute Gasteiger partial charge is 0.354 e. The second-order valence-electron chi connectivity index (χ2n) is 4.33. The standard InChI is InChI=1S/C13H17F3N2O.ClH/c1-9(17-2)8-18-12(19)7-10-5-3-4-6-11(10)13(14,15)16;/h3-6,9,17H,7-8H2,1-2H3,(H,18,19);1H. The maximum absolute atomic E-state index is 12.7. The van der Waals surface area contributed by atoms with Crippen molar-refractivity contribution in [2.24, 2.45) is 0 Å². The summed E-state index contributed by atoms with van der Waals surface area (Å²) in [4.78, 5) is 11.6. The van der Waals surface area contributed by atoms with Gasteiger partial charge in [0.1, 0.15) is 0 Å². The number of carbonyl (C=O) groups excluding carboxylic acids is 1. The molecule has 7 heteroatoms. The minimum absolute atomic E-state index is 0. The van der Waals surface area contributed by atoms with Gasteiger partial charge in [0.25, 0.3) is 0 Å². The molecule has 3 nitrogen and oxygen atoms in total. The van der Waals surface area contributed by atoms with Crippen LogP contribution in [0.1, 0.15) is 18.1 Å². The van der Waals surface area contributed by atoms with E-state index >= 15 is 0 Å². The summed E-state index contributed by atoms with van der Waals surface area (Å²) in [5.41, 5.74) is -0.767. The molecule has 114 valence electrons. The summed E-state index contributed by atoms with van der Waals surface area (Å²) >= 11 is 0. The summed E-state index contributed by atoms with van der Waals surface area (Å²) in [6.45, 7) is 2.24. The van der Waals surface area contributed by atoms with Crippen LogP contribution in [-0.2, 0) is 17.4 Å². The molecule has 0 bridgehead atoms. The number of halogens is 4. The first-order chi connectivity index (χ1) is 8.84. The topological polar surface area (TPSA) is 41.1 Å². The van der Waals surface area contributed by atoms with Crippen molar-refractivity contribution in [1.82, 2.24) is 10.6 Å². The van der Waals surface area contributed by atoms with Gasteiger partial charge in [-0.25, -0.2) is 0 Å². The van der Waals surface area contributed by atoms with Crippen LogP contribution in [-0.4, -0.2) is 25.5 Å². The van der Waals surface area contributed by atoms with Gasteiger partial charge in [-0.15, -0.1) is 12.4 Å². The van der Waals surface area contributed by atoms with E-state index in [1.807, 2.05) is 6.92 Å². The molecule has 1 aromatic carbocycles. The Morgan fingerprint density at radius 1 is 1.30 bits per heavy atom. The molecule has 1 unspecified atom stereocenters. The molecular formula is C13H18ClF3N2O. The second kappa shape index (κ2) is 8.11. The zero-order chi connectivity index (χ0) is 14.5. The second-order valence-corrected chi connectivity index (χ2v) is 4.33. The Balaban J connectivity index is 0.00000361. The monoisotopic (exact) mass is 310 g/mol. The van der Waals surface area contributed by atoms with Crippen LogP contribution in [0.15, 0.2) is 24.3 Å². The highest BCUT2D eigenvalue weighted by molar-refractivity contribution is 5.85. The minimum atomic E-state index is -4.44. The first-order valence-electron chi connectivity index (χ1n) is 5.93. The largest absolute Gasteiger partial charge is 0.416 e. The number of alkyl halides is 3. The number of hydrogen-bond acceptors (Lipinski definition) is 2. The predicted molar refractivity (Wildman–Crippen MR) is 73.9 cm³/mol. The van der Waals surface area contributed by atoms with Crippen molar-refractivity contribution in [3.63, 3.8) is 0 Å². The van der Waals surface area contributed by atoms with E-state index in [4.69, 9.17) is 0 Å². The van der Waals surface area contributed by atoms with E-state index in [1.165, 1.54) is 18.2 Å². The summed E-state index contributed by atoms with van der Waals surface area (Å²) in [6.07, 6.45) is -4.71. The van der Waals surface area contributed by atoms with E-state index in [9.17, 15) is 18.0 Å². The Kier molecular flexibility index (Phi) is 7.60. The SMILES string of the molecule is CNC(C)CNC(=O)Cc1ccccc1C(F)(F)F.Cl. The van der Waals surface area contributed by atoms with Gasteiger partial charge >= 0.3 is 6.18 Å². The van der Waals surface area contributed by atoms with Crippen LogP contribution in [0.25, 0.3) is 0 Å². The van der Waals surface area contributed by atoms with Crippen molar-refractivity contribution in [3.05, 3.63) is 35.4 Å². The summed E-state index contributed by atoms with van der Waals surface area (Å²) in [6, 6.07) is 5.19. The van der Waals surface area contributed by atoms with Crippen LogP contribution in [0.3, 0.4) is 0 Å². The third-order valence-electron chi connectivity index (χ3n) is 2.77. The van der Waals surface area contributed by atoms with Gasteiger partial charge < -0.3 is 10.6 Å². The van der Waals surface area contributed by atoms with Crippen LogP contribution in [0.4, 0.5) is 13.2 Å². The van der Waals surface area contributed by atoms with Gasteiger partial charge in [-0.2, -0.15) is 13.2 Å². The predicted octanol–water partition coefficient (Wildman–Crippen LogP) is 2.39. The van der Waals surface area contributed by atoms with Gasteiger partial charge in [0, 0.05) is 12.6 Å². The normalized spacial score (nSPS) is 12.4. The van der Waals surface area contributed by atoms with E-state index in [-0.39, 0.29) is 30.4 Å². The lowest BCUT2D eigenvalue weighted by Crippen LogP contribution is -2.38. The Labute approximate surface area is 122 Å². The first-order valence-corrected chi connectivity index (χ1v) is 5.93. The number of carbonyl (C=O) groups is 1. The van der Waals surface area contributed by atoms with E-state index in [2.05, 4.69) is 10.6 Å². The first kappa shape index (κ1) is 18.7. The molecule has 0 aromatic heterocycles. The van der Waals surface area contributed by atoms with Gasteiger partial charge in [-0.1, -0.05) is 18.2 Å². The maximum Gasteiger partial charge on any atom is 0.416 e. The van der Waals surface area contributed by atoms with Gasteiger partial charge in [0.2, 0.25) is 5.91 Å². The highest BCUT2D eigenvalue weighted by Gasteiger charge is 2.33. The van der Waals surface area contributed by atoms with Gasteiger partial charge in [-0.05, 0) is 25.6 Å². The molecule has 0 saturated heterocycles.